The fraction of sp³-hybridized carbons (Fsp3) is 0.458. The number of halogens is 3. The van der Waals surface area contributed by atoms with Gasteiger partial charge in [-0.1, -0.05) is 29.3 Å². The molecule has 32 heavy (non-hydrogen) atoms. The summed E-state index contributed by atoms with van der Waals surface area (Å²) in [5.74, 6) is 0.815. The quantitative estimate of drug-likeness (QED) is 0.522. The molecule has 2 fully saturated rings. The van der Waals surface area contributed by atoms with Gasteiger partial charge in [0.15, 0.2) is 0 Å². The molecule has 5 nitrogen and oxygen atoms in total. The molecule has 2 aliphatic rings. The van der Waals surface area contributed by atoms with Crippen LogP contribution < -0.4 is 15.4 Å². The molecular weight excluding hydrogens is 513 g/mol. The van der Waals surface area contributed by atoms with Crippen molar-refractivity contribution in [1.82, 2.24) is 15.5 Å². The predicted molar refractivity (Wildman–Crippen MR) is 133 cm³/mol. The van der Waals surface area contributed by atoms with E-state index in [1.54, 1.807) is 18.2 Å². The molecule has 0 spiro atoms. The van der Waals surface area contributed by atoms with Crippen molar-refractivity contribution in [1.29, 1.82) is 0 Å². The number of nitrogens with zero attached hydrogens (tertiary/aromatic N) is 1. The normalized spacial score (nSPS) is 19.8. The summed E-state index contributed by atoms with van der Waals surface area (Å²) in [6, 6.07) is 11.5. The van der Waals surface area contributed by atoms with Crippen molar-refractivity contribution < 1.29 is 9.53 Å². The molecule has 8 heteroatoms. The van der Waals surface area contributed by atoms with Crippen LogP contribution in [0.3, 0.4) is 0 Å². The van der Waals surface area contributed by atoms with Gasteiger partial charge in [0.25, 0.3) is 5.91 Å². The SMILES string of the molecule is O=C(NC1CCN(CCc2ccc(OC3CCNCC3)c(Br)c2)C1)c1ccc(Cl)c(Cl)c1. The third kappa shape index (κ3) is 6.39. The molecule has 172 valence electrons. The number of piperidine rings is 1. The van der Waals surface area contributed by atoms with Crippen LogP contribution in [0.15, 0.2) is 40.9 Å². The maximum absolute atomic E-state index is 12.5. The smallest absolute Gasteiger partial charge is 0.251 e. The monoisotopic (exact) mass is 539 g/mol. The lowest BCUT2D eigenvalue weighted by atomic mass is 10.1. The summed E-state index contributed by atoms with van der Waals surface area (Å²) in [4.78, 5) is 14.9. The number of hydrogen-bond donors (Lipinski definition) is 2. The van der Waals surface area contributed by atoms with Crippen molar-refractivity contribution in [3.8, 4) is 5.75 Å². The molecule has 0 aromatic heterocycles. The Labute approximate surface area is 207 Å². The summed E-state index contributed by atoms with van der Waals surface area (Å²) in [6.45, 7) is 4.83. The minimum Gasteiger partial charge on any atom is -0.489 e. The van der Waals surface area contributed by atoms with Crippen molar-refractivity contribution in [2.75, 3.05) is 32.7 Å². The number of likely N-dealkylation sites (tertiary alicyclic amines) is 1. The molecule has 2 aromatic rings. The molecule has 2 N–H and O–H groups in total. The lowest BCUT2D eigenvalue weighted by Crippen LogP contribution is -2.37. The van der Waals surface area contributed by atoms with Crippen LogP contribution in [-0.2, 0) is 6.42 Å². The zero-order valence-corrected chi connectivity index (χ0v) is 21.0. The summed E-state index contributed by atoms with van der Waals surface area (Å²) in [7, 11) is 0. The third-order valence-corrected chi connectivity index (χ3v) is 7.44. The maximum Gasteiger partial charge on any atom is 0.251 e. The van der Waals surface area contributed by atoms with Crippen LogP contribution in [0, 0.1) is 0 Å². The van der Waals surface area contributed by atoms with E-state index in [2.05, 4.69) is 49.7 Å². The predicted octanol–water partition coefficient (Wildman–Crippen LogP) is 4.93. The van der Waals surface area contributed by atoms with E-state index < -0.39 is 0 Å². The summed E-state index contributed by atoms with van der Waals surface area (Å²) in [6.07, 6.45) is 4.29. The van der Waals surface area contributed by atoms with E-state index in [1.165, 1.54) is 5.56 Å². The molecule has 2 saturated heterocycles. The van der Waals surface area contributed by atoms with Crippen LogP contribution in [0.25, 0.3) is 0 Å². The lowest BCUT2D eigenvalue weighted by molar-refractivity contribution is 0.0938. The van der Waals surface area contributed by atoms with Crippen LogP contribution in [0.1, 0.15) is 35.2 Å². The summed E-state index contributed by atoms with van der Waals surface area (Å²) < 4.78 is 7.18. The van der Waals surface area contributed by atoms with E-state index in [9.17, 15) is 4.79 Å². The van der Waals surface area contributed by atoms with Crippen molar-refractivity contribution in [2.45, 2.75) is 37.8 Å². The highest BCUT2D eigenvalue weighted by atomic mass is 79.9. The van der Waals surface area contributed by atoms with Gasteiger partial charge < -0.3 is 20.3 Å². The Morgan fingerprint density at radius 2 is 1.94 bits per heavy atom. The Hall–Kier alpha value is -1.31. The van der Waals surface area contributed by atoms with E-state index >= 15 is 0 Å². The maximum atomic E-state index is 12.5. The van der Waals surface area contributed by atoms with Gasteiger partial charge in [0, 0.05) is 31.2 Å². The minimum absolute atomic E-state index is 0.108. The fourth-order valence-electron chi connectivity index (χ4n) is 4.24. The Bertz CT molecular complexity index is 953. The standard InChI is InChI=1S/C24H28BrCl2N3O2/c25-20-13-16(1-4-23(20)32-19-5-9-28-10-6-19)7-11-30-12-8-18(15-30)29-24(31)17-2-3-21(26)22(27)14-17/h1-4,13-14,18-19,28H,5-12,15H2,(H,29,31). The van der Waals surface area contributed by atoms with Crippen molar-refractivity contribution >= 4 is 45.0 Å². The van der Waals surface area contributed by atoms with Crippen molar-refractivity contribution in [3.05, 3.63) is 62.0 Å². The van der Waals surface area contributed by atoms with E-state index in [0.29, 0.717) is 21.7 Å². The largest absolute Gasteiger partial charge is 0.489 e. The molecule has 2 aliphatic heterocycles. The number of benzene rings is 2. The van der Waals surface area contributed by atoms with Crippen LogP contribution in [0.2, 0.25) is 10.0 Å². The second-order valence-corrected chi connectivity index (χ2v) is 10.1. The average molecular weight is 541 g/mol. The average Bonchev–Trinajstić information content (AvgIpc) is 3.24. The Balaban J connectivity index is 1.23. The van der Waals surface area contributed by atoms with Gasteiger partial charge in [-0.25, -0.2) is 0 Å². The minimum atomic E-state index is -0.108. The number of carbonyl (C=O) groups is 1. The van der Waals surface area contributed by atoms with Crippen LogP contribution >= 0.6 is 39.1 Å². The second-order valence-electron chi connectivity index (χ2n) is 8.47. The molecule has 2 heterocycles. The van der Waals surface area contributed by atoms with Gasteiger partial charge in [-0.15, -0.1) is 0 Å². The van der Waals surface area contributed by atoms with Gasteiger partial charge in [0.05, 0.1) is 14.5 Å². The molecule has 4 rings (SSSR count). The van der Waals surface area contributed by atoms with Crippen LogP contribution in [0.4, 0.5) is 0 Å². The first kappa shape index (κ1) is 23.8. The van der Waals surface area contributed by atoms with Crippen molar-refractivity contribution in [3.63, 3.8) is 0 Å². The summed E-state index contributed by atoms with van der Waals surface area (Å²) in [5.41, 5.74) is 1.81. The zero-order chi connectivity index (χ0) is 22.5. The van der Waals surface area contributed by atoms with Gasteiger partial charge in [0.1, 0.15) is 11.9 Å². The number of carbonyl (C=O) groups excluding carboxylic acids is 1. The molecule has 0 radical (unpaired) electrons. The summed E-state index contributed by atoms with van der Waals surface area (Å²) in [5, 5.41) is 7.32. The van der Waals surface area contributed by atoms with Crippen molar-refractivity contribution in [2.24, 2.45) is 0 Å². The van der Waals surface area contributed by atoms with Gasteiger partial charge in [-0.05, 0) is 90.6 Å². The van der Waals surface area contributed by atoms with E-state index in [-0.39, 0.29) is 11.9 Å². The molecule has 0 aliphatic carbocycles. The highest BCUT2D eigenvalue weighted by Gasteiger charge is 2.24. The Kier molecular flexibility index (Phi) is 8.35. The third-order valence-electron chi connectivity index (χ3n) is 6.08. The van der Waals surface area contributed by atoms with E-state index in [1.807, 2.05) is 0 Å². The van der Waals surface area contributed by atoms with Gasteiger partial charge >= 0.3 is 0 Å². The van der Waals surface area contributed by atoms with Crippen LogP contribution in [-0.4, -0.2) is 55.7 Å². The first-order valence-electron chi connectivity index (χ1n) is 11.1. The Morgan fingerprint density at radius 1 is 1.12 bits per heavy atom. The Morgan fingerprint density at radius 3 is 2.69 bits per heavy atom. The number of hydrogen-bond acceptors (Lipinski definition) is 4. The second kappa shape index (κ2) is 11.2. The fourth-order valence-corrected chi connectivity index (χ4v) is 5.05. The highest BCUT2D eigenvalue weighted by Crippen LogP contribution is 2.29. The van der Waals surface area contributed by atoms with Gasteiger partial charge in [-0.2, -0.15) is 0 Å². The van der Waals surface area contributed by atoms with Gasteiger partial charge in [-0.3, -0.25) is 4.79 Å². The van der Waals surface area contributed by atoms with Gasteiger partial charge in [0.2, 0.25) is 0 Å². The van der Waals surface area contributed by atoms with Crippen LogP contribution in [0.5, 0.6) is 5.75 Å². The van der Waals surface area contributed by atoms with E-state index in [0.717, 1.165) is 68.6 Å². The highest BCUT2D eigenvalue weighted by molar-refractivity contribution is 9.10. The molecule has 2 aromatic carbocycles. The number of rotatable bonds is 7. The molecule has 0 saturated carbocycles. The zero-order valence-electron chi connectivity index (χ0n) is 17.9. The lowest BCUT2D eigenvalue weighted by Gasteiger charge is -2.24. The molecular formula is C24H28BrCl2N3O2. The number of nitrogens with one attached hydrogen (secondary N) is 2. The number of ether oxygens (including phenoxy) is 1. The number of amides is 1. The molecule has 1 amide bonds. The summed E-state index contributed by atoms with van der Waals surface area (Å²) >= 11 is 15.6. The first-order valence-corrected chi connectivity index (χ1v) is 12.7. The first-order chi connectivity index (χ1) is 15.5. The topological polar surface area (TPSA) is 53.6 Å². The van der Waals surface area contributed by atoms with E-state index in [4.69, 9.17) is 27.9 Å². The molecule has 1 atom stereocenters. The molecule has 0 bridgehead atoms. The molecule has 1 unspecified atom stereocenters.